The molecule has 0 aliphatic carbocycles. The number of piperidine rings is 1. The van der Waals surface area contributed by atoms with Crippen molar-refractivity contribution < 1.29 is 4.79 Å². The van der Waals surface area contributed by atoms with Crippen molar-refractivity contribution in [3.05, 3.63) is 48.0 Å². The number of amides is 1. The topological polar surface area (TPSA) is 46.3 Å². The number of fused-ring (bicyclic) bond motifs is 1. The summed E-state index contributed by atoms with van der Waals surface area (Å²) in [6.45, 7) is 3.55. The van der Waals surface area contributed by atoms with E-state index in [0.29, 0.717) is 12.5 Å². The molecule has 2 aromatic carbocycles. The van der Waals surface area contributed by atoms with E-state index in [1.54, 1.807) is 0 Å². The van der Waals surface area contributed by atoms with Gasteiger partial charge in [-0.2, -0.15) is 0 Å². The van der Waals surface area contributed by atoms with Crippen LogP contribution >= 0.6 is 0 Å². The van der Waals surface area contributed by atoms with E-state index < -0.39 is 0 Å². The third kappa shape index (κ3) is 2.66. The maximum atomic E-state index is 12.8. The van der Waals surface area contributed by atoms with Crippen LogP contribution in [-0.2, 0) is 0 Å². The van der Waals surface area contributed by atoms with E-state index >= 15 is 0 Å². The molecule has 2 N–H and O–H groups in total. The van der Waals surface area contributed by atoms with E-state index in [4.69, 9.17) is 5.73 Å². The van der Waals surface area contributed by atoms with Gasteiger partial charge in [0.1, 0.15) is 0 Å². The van der Waals surface area contributed by atoms with Crippen molar-refractivity contribution in [3.63, 3.8) is 0 Å². The van der Waals surface area contributed by atoms with Crippen molar-refractivity contribution >= 4 is 16.7 Å². The van der Waals surface area contributed by atoms with Crippen molar-refractivity contribution in [2.45, 2.75) is 25.8 Å². The van der Waals surface area contributed by atoms with Crippen LogP contribution in [-0.4, -0.2) is 29.9 Å². The Kier molecular flexibility index (Phi) is 3.93. The van der Waals surface area contributed by atoms with E-state index in [0.717, 1.165) is 35.7 Å². The lowest BCUT2D eigenvalue weighted by Gasteiger charge is -2.39. The first-order chi connectivity index (χ1) is 10.2. The fraction of sp³-hybridized carbons (Fsp3) is 0.389. The molecule has 0 aromatic heterocycles. The highest BCUT2D eigenvalue weighted by Gasteiger charge is 2.31. The number of carbonyl (C=O) groups excluding carboxylic acids is 1. The molecule has 1 amide bonds. The standard InChI is InChI=1S/C18H22N2O/c1-13-5-4-10-20(17(13)12-19)18(21)16-9-8-14-6-2-3-7-15(14)11-16/h2-3,6-9,11,13,17H,4-5,10,12,19H2,1H3. The number of rotatable bonds is 2. The van der Waals surface area contributed by atoms with Gasteiger partial charge in [-0.05, 0) is 41.7 Å². The smallest absolute Gasteiger partial charge is 0.254 e. The molecule has 1 saturated heterocycles. The first-order valence-corrected chi connectivity index (χ1v) is 7.70. The molecule has 3 rings (SSSR count). The van der Waals surface area contributed by atoms with Crippen LogP contribution in [0.15, 0.2) is 42.5 Å². The zero-order chi connectivity index (χ0) is 14.8. The Morgan fingerprint density at radius 2 is 2.00 bits per heavy atom. The molecule has 1 aliphatic rings. The molecule has 2 unspecified atom stereocenters. The predicted molar refractivity (Wildman–Crippen MR) is 86.2 cm³/mol. The van der Waals surface area contributed by atoms with Crippen molar-refractivity contribution in [1.82, 2.24) is 4.90 Å². The van der Waals surface area contributed by atoms with Crippen LogP contribution in [0.2, 0.25) is 0 Å². The minimum Gasteiger partial charge on any atom is -0.334 e. The number of hydrogen-bond donors (Lipinski definition) is 1. The zero-order valence-corrected chi connectivity index (χ0v) is 12.5. The van der Waals surface area contributed by atoms with Crippen LogP contribution < -0.4 is 5.73 Å². The number of likely N-dealkylation sites (tertiary alicyclic amines) is 1. The Hall–Kier alpha value is -1.87. The molecule has 0 saturated carbocycles. The second kappa shape index (κ2) is 5.86. The highest BCUT2D eigenvalue weighted by molar-refractivity contribution is 5.98. The van der Waals surface area contributed by atoms with Gasteiger partial charge in [0.25, 0.3) is 5.91 Å². The minimum atomic E-state index is 0.114. The van der Waals surface area contributed by atoms with Crippen molar-refractivity contribution in [2.75, 3.05) is 13.1 Å². The molecule has 3 heteroatoms. The summed E-state index contributed by atoms with van der Waals surface area (Å²) in [4.78, 5) is 14.8. The minimum absolute atomic E-state index is 0.114. The lowest BCUT2D eigenvalue weighted by molar-refractivity contribution is 0.0533. The molecular weight excluding hydrogens is 260 g/mol. The van der Waals surface area contributed by atoms with Gasteiger partial charge in [0, 0.05) is 24.7 Å². The van der Waals surface area contributed by atoms with Gasteiger partial charge < -0.3 is 10.6 Å². The number of carbonyl (C=O) groups is 1. The largest absolute Gasteiger partial charge is 0.334 e. The Morgan fingerprint density at radius 3 is 2.76 bits per heavy atom. The maximum Gasteiger partial charge on any atom is 0.254 e. The van der Waals surface area contributed by atoms with Gasteiger partial charge in [0.2, 0.25) is 0 Å². The first-order valence-electron chi connectivity index (χ1n) is 7.70. The lowest BCUT2D eigenvalue weighted by atomic mass is 9.90. The Labute approximate surface area is 125 Å². The average molecular weight is 282 g/mol. The van der Waals surface area contributed by atoms with Crippen LogP contribution in [0, 0.1) is 5.92 Å². The van der Waals surface area contributed by atoms with Gasteiger partial charge in [-0.3, -0.25) is 4.79 Å². The molecule has 21 heavy (non-hydrogen) atoms. The van der Waals surface area contributed by atoms with Gasteiger partial charge in [-0.1, -0.05) is 37.3 Å². The maximum absolute atomic E-state index is 12.8. The molecular formula is C18H22N2O. The number of nitrogens with two attached hydrogens (primary N) is 1. The van der Waals surface area contributed by atoms with E-state index in [1.165, 1.54) is 0 Å². The number of nitrogens with zero attached hydrogens (tertiary/aromatic N) is 1. The summed E-state index contributed by atoms with van der Waals surface area (Å²) in [5.74, 6) is 0.593. The van der Waals surface area contributed by atoms with Gasteiger partial charge in [0.05, 0.1) is 0 Å². The Morgan fingerprint density at radius 1 is 1.24 bits per heavy atom. The second-order valence-electron chi connectivity index (χ2n) is 5.98. The third-order valence-corrected chi connectivity index (χ3v) is 4.61. The van der Waals surface area contributed by atoms with Crippen molar-refractivity contribution in [3.8, 4) is 0 Å². The van der Waals surface area contributed by atoms with Gasteiger partial charge in [0.15, 0.2) is 0 Å². The molecule has 3 nitrogen and oxygen atoms in total. The fourth-order valence-electron chi connectivity index (χ4n) is 3.35. The monoisotopic (exact) mass is 282 g/mol. The van der Waals surface area contributed by atoms with Crippen LogP contribution in [0.25, 0.3) is 10.8 Å². The molecule has 2 atom stereocenters. The summed E-state index contributed by atoms with van der Waals surface area (Å²) >= 11 is 0. The second-order valence-corrected chi connectivity index (χ2v) is 5.98. The quantitative estimate of drug-likeness (QED) is 0.920. The molecule has 0 spiro atoms. The van der Waals surface area contributed by atoms with Gasteiger partial charge >= 0.3 is 0 Å². The summed E-state index contributed by atoms with van der Waals surface area (Å²) in [5.41, 5.74) is 6.66. The third-order valence-electron chi connectivity index (χ3n) is 4.61. The van der Waals surface area contributed by atoms with E-state index in [-0.39, 0.29) is 11.9 Å². The normalized spacial score (nSPS) is 22.5. The number of benzene rings is 2. The molecule has 0 bridgehead atoms. The lowest BCUT2D eigenvalue weighted by Crippen LogP contribution is -2.51. The summed E-state index contributed by atoms with van der Waals surface area (Å²) < 4.78 is 0. The van der Waals surface area contributed by atoms with Crippen LogP contribution in [0.3, 0.4) is 0 Å². The highest BCUT2D eigenvalue weighted by Crippen LogP contribution is 2.25. The molecule has 110 valence electrons. The molecule has 1 heterocycles. The van der Waals surface area contributed by atoms with E-state index in [2.05, 4.69) is 13.0 Å². The summed E-state index contributed by atoms with van der Waals surface area (Å²) in [7, 11) is 0. The predicted octanol–water partition coefficient (Wildman–Crippen LogP) is 3.04. The Balaban J connectivity index is 1.91. The molecule has 1 aliphatic heterocycles. The van der Waals surface area contributed by atoms with Gasteiger partial charge in [-0.25, -0.2) is 0 Å². The summed E-state index contributed by atoms with van der Waals surface area (Å²) in [6, 6.07) is 14.2. The van der Waals surface area contributed by atoms with Crippen LogP contribution in [0.4, 0.5) is 0 Å². The zero-order valence-electron chi connectivity index (χ0n) is 12.5. The number of hydrogen-bond acceptors (Lipinski definition) is 2. The summed E-state index contributed by atoms with van der Waals surface area (Å²) in [5, 5.41) is 2.27. The van der Waals surface area contributed by atoms with E-state index in [9.17, 15) is 4.79 Å². The van der Waals surface area contributed by atoms with Crippen molar-refractivity contribution in [1.29, 1.82) is 0 Å². The SMILES string of the molecule is CC1CCCN(C(=O)c2ccc3ccccc3c2)C1CN. The van der Waals surface area contributed by atoms with Crippen LogP contribution in [0.5, 0.6) is 0 Å². The van der Waals surface area contributed by atoms with Gasteiger partial charge in [-0.15, -0.1) is 0 Å². The molecule has 1 fully saturated rings. The molecule has 0 radical (unpaired) electrons. The van der Waals surface area contributed by atoms with Crippen molar-refractivity contribution in [2.24, 2.45) is 11.7 Å². The highest BCUT2D eigenvalue weighted by atomic mass is 16.2. The molecule has 2 aromatic rings. The Bertz CT molecular complexity index is 652. The average Bonchev–Trinajstić information content (AvgIpc) is 2.53. The summed E-state index contributed by atoms with van der Waals surface area (Å²) in [6.07, 6.45) is 2.22. The van der Waals surface area contributed by atoms with E-state index in [1.807, 2.05) is 41.3 Å². The first kappa shape index (κ1) is 14.1. The van der Waals surface area contributed by atoms with Crippen LogP contribution in [0.1, 0.15) is 30.1 Å². The fourth-order valence-corrected chi connectivity index (χ4v) is 3.35.